The van der Waals surface area contributed by atoms with Crippen LogP contribution in [0.15, 0.2) is 29.0 Å². The molecule has 2 rings (SSSR count). The number of hydrogen-bond acceptors (Lipinski definition) is 6. The zero-order chi connectivity index (χ0) is 16.1. The van der Waals surface area contributed by atoms with Gasteiger partial charge in [-0.05, 0) is 30.5 Å². The van der Waals surface area contributed by atoms with Gasteiger partial charge in [0.2, 0.25) is 0 Å². The fourth-order valence-electron chi connectivity index (χ4n) is 2.42. The first-order valence-electron chi connectivity index (χ1n) is 7.02. The van der Waals surface area contributed by atoms with Gasteiger partial charge < -0.3 is 20.8 Å². The summed E-state index contributed by atoms with van der Waals surface area (Å²) in [5.41, 5.74) is 9.69. The predicted molar refractivity (Wildman–Crippen MR) is 90.6 cm³/mol. The second kappa shape index (κ2) is 7.40. The van der Waals surface area contributed by atoms with Crippen LogP contribution in [0.1, 0.15) is 17.3 Å². The largest absolute Gasteiger partial charge is 0.399 e. The Morgan fingerprint density at radius 1 is 1.18 bits per heavy atom. The summed E-state index contributed by atoms with van der Waals surface area (Å²) in [7, 11) is 0. The number of carbonyl (C=O) groups excluding carboxylic acids is 1. The highest BCUT2D eigenvalue weighted by molar-refractivity contribution is 7.08. The average molecular weight is 320 g/mol. The molecule has 0 aliphatic heterocycles. The lowest BCUT2D eigenvalue weighted by Gasteiger charge is -2.26. The molecular weight excluding hydrogens is 300 g/mol. The standard InChI is InChI=1S/C16H20N2O3S/c1-11(21)14-9-22-10-15(14)13-8-12(17)2-3-16(13)18(4-6-19)5-7-20/h2-3,8-10,19-20H,4-7,17H2,1H3. The topological polar surface area (TPSA) is 86.8 Å². The van der Waals surface area contributed by atoms with Crippen molar-refractivity contribution in [2.24, 2.45) is 0 Å². The van der Waals surface area contributed by atoms with Gasteiger partial charge in [-0.25, -0.2) is 0 Å². The summed E-state index contributed by atoms with van der Waals surface area (Å²) in [5, 5.41) is 22.2. The molecule has 0 aliphatic carbocycles. The molecule has 1 aromatic carbocycles. The smallest absolute Gasteiger partial charge is 0.161 e. The predicted octanol–water partition coefficient (Wildman–Crippen LogP) is 1.99. The van der Waals surface area contributed by atoms with Crippen molar-refractivity contribution in [2.45, 2.75) is 6.92 Å². The number of Topliss-reactive ketones (excluding diaryl/α,β-unsaturated/α-hetero) is 1. The van der Waals surface area contributed by atoms with E-state index in [4.69, 9.17) is 5.73 Å². The Bertz CT molecular complexity index is 649. The molecule has 0 amide bonds. The fraction of sp³-hybridized carbons (Fsp3) is 0.312. The average Bonchev–Trinajstić information content (AvgIpc) is 2.96. The Labute approximate surface area is 133 Å². The van der Waals surface area contributed by atoms with Gasteiger partial charge in [-0.1, -0.05) is 0 Å². The van der Waals surface area contributed by atoms with E-state index >= 15 is 0 Å². The fourth-order valence-corrected chi connectivity index (χ4v) is 3.30. The van der Waals surface area contributed by atoms with Crippen LogP contribution < -0.4 is 10.6 Å². The summed E-state index contributed by atoms with van der Waals surface area (Å²) in [5.74, 6) is 0.000455. The summed E-state index contributed by atoms with van der Waals surface area (Å²) in [6.07, 6.45) is 0. The van der Waals surface area contributed by atoms with E-state index in [2.05, 4.69) is 0 Å². The zero-order valence-electron chi connectivity index (χ0n) is 12.5. The maximum atomic E-state index is 11.8. The summed E-state index contributed by atoms with van der Waals surface area (Å²) in [6.45, 7) is 2.30. The third kappa shape index (κ3) is 3.47. The van der Waals surface area contributed by atoms with Crippen molar-refractivity contribution in [3.05, 3.63) is 34.5 Å². The summed E-state index contributed by atoms with van der Waals surface area (Å²) < 4.78 is 0. The molecule has 0 unspecified atom stereocenters. The van der Waals surface area contributed by atoms with Crippen LogP contribution in [0.3, 0.4) is 0 Å². The van der Waals surface area contributed by atoms with Gasteiger partial charge in [0.25, 0.3) is 0 Å². The maximum Gasteiger partial charge on any atom is 0.161 e. The number of nitrogens with two attached hydrogens (primary N) is 1. The van der Waals surface area contributed by atoms with Gasteiger partial charge in [0.1, 0.15) is 0 Å². The van der Waals surface area contributed by atoms with Crippen LogP contribution in [0.4, 0.5) is 11.4 Å². The van der Waals surface area contributed by atoms with Gasteiger partial charge in [-0.2, -0.15) is 11.3 Å². The normalized spacial score (nSPS) is 10.7. The highest BCUT2D eigenvalue weighted by Gasteiger charge is 2.17. The number of benzene rings is 1. The zero-order valence-corrected chi connectivity index (χ0v) is 13.3. The third-order valence-corrected chi connectivity index (χ3v) is 4.18. The molecule has 4 N–H and O–H groups in total. The van der Waals surface area contributed by atoms with E-state index in [0.717, 1.165) is 16.8 Å². The highest BCUT2D eigenvalue weighted by atomic mass is 32.1. The Morgan fingerprint density at radius 2 is 1.86 bits per heavy atom. The molecule has 1 heterocycles. The number of aliphatic hydroxyl groups excluding tert-OH is 2. The molecular formula is C16H20N2O3S. The summed E-state index contributed by atoms with van der Waals surface area (Å²) in [6, 6.07) is 5.46. The lowest BCUT2D eigenvalue weighted by atomic mass is 9.99. The molecule has 0 radical (unpaired) electrons. The van der Waals surface area contributed by atoms with E-state index in [1.54, 1.807) is 6.07 Å². The molecule has 6 heteroatoms. The number of carbonyl (C=O) groups is 1. The van der Waals surface area contributed by atoms with Gasteiger partial charge in [0.05, 0.1) is 13.2 Å². The third-order valence-electron chi connectivity index (χ3n) is 3.43. The Kier molecular flexibility index (Phi) is 5.54. The van der Waals surface area contributed by atoms with Crippen LogP contribution in [-0.2, 0) is 0 Å². The van der Waals surface area contributed by atoms with Crippen LogP contribution in [0.5, 0.6) is 0 Å². The number of thiophene rings is 1. The Balaban J connectivity index is 2.56. The molecule has 0 saturated heterocycles. The second-order valence-corrected chi connectivity index (χ2v) is 5.71. The first-order valence-corrected chi connectivity index (χ1v) is 7.96. The first-order chi connectivity index (χ1) is 10.6. The number of anilines is 2. The highest BCUT2D eigenvalue weighted by Crippen LogP contribution is 2.36. The molecule has 0 aliphatic rings. The van der Waals surface area contributed by atoms with E-state index < -0.39 is 0 Å². The number of nitrogens with zero attached hydrogens (tertiary/aromatic N) is 1. The van der Waals surface area contributed by atoms with Gasteiger partial charge in [0, 0.05) is 46.5 Å². The maximum absolute atomic E-state index is 11.8. The number of aliphatic hydroxyl groups is 2. The number of nitrogen functional groups attached to an aromatic ring is 1. The lowest BCUT2D eigenvalue weighted by Crippen LogP contribution is -2.30. The van der Waals surface area contributed by atoms with E-state index in [9.17, 15) is 15.0 Å². The molecule has 0 spiro atoms. The summed E-state index contributed by atoms with van der Waals surface area (Å²) in [4.78, 5) is 13.7. The second-order valence-electron chi connectivity index (χ2n) is 4.97. The molecule has 22 heavy (non-hydrogen) atoms. The van der Waals surface area contributed by atoms with Crippen molar-refractivity contribution in [1.82, 2.24) is 0 Å². The lowest BCUT2D eigenvalue weighted by molar-refractivity contribution is 0.101. The number of rotatable bonds is 7. The van der Waals surface area contributed by atoms with Gasteiger partial charge in [-0.15, -0.1) is 0 Å². The number of ketones is 1. The Hall–Kier alpha value is -1.89. The van der Waals surface area contributed by atoms with Crippen molar-refractivity contribution in [2.75, 3.05) is 36.9 Å². The minimum absolute atomic E-state index is 0.000455. The van der Waals surface area contributed by atoms with E-state index in [0.29, 0.717) is 24.3 Å². The van der Waals surface area contributed by atoms with Crippen LogP contribution in [0.25, 0.3) is 11.1 Å². The summed E-state index contributed by atoms with van der Waals surface area (Å²) >= 11 is 1.46. The molecule has 118 valence electrons. The number of hydrogen-bond donors (Lipinski definition) is 3. The van der Waals surface area contributed by atoms with Gasteiger partial charge in [0.15, 0.2) is 5.78 Å². The quantitative estimate of drug-likeness (QED) is 0.536. The molecule has 2 aromatic rings. The van der Waals surface area contributed by atoms with E-state index in [1.165, 1.54) is 18.3 Å². The molecule has 0 bridgehead atoms. The van der Waals surface area contributed by atoms with Crippen molar-refractivity contribution in [3.8, 4) is 11.1 Å². The first kappa shape index (κ1) is 16.5. The van der Waals surface area contributed by atoms with Crippen molar-refractivity contribution < 1.29 is 15.0 Å². The van der Waals surface area contributed by atoms with Crippen molar-refractivity contribution in [3.63, 3.8) is 0 Å². The van der Waals surface area contributed by atoms with E-state index in [-0.39, 0.29) is 19.0 Å². The van der Waals surface area contributed by atoms with Crippen molar-refractivity contribution >= 4 is 28.5 Å². The van der Waals surface area contributed by atoms with Crippen LogP contribution >= 0.6 is 11.3 Å². The molecule has 5 nitrogen and oxygen atoms in total. The van der Waals surface area contributed by atoms with Crippen LogP contribution in [0, 0.1) is 0 Å². The van der Waals surface area contributed by atoms with Gasteiger partial charge in [-0.3, -0.25) is 4.79 Å². The molecule has 0 atom stereocenters. The molecule has 0 saturated carbocycles. The SMILES string of the molecule is CC(=O)c1cscc1-c1cc(N)ccc1N(CCO)CCO. The Morgan fingerprint density at radius 3 is 2.45 bits per heavy atom. The van der Waals surface area contributed by atoms with Crippen LogP contribution in [0.2, 0.25) is 0 Å². The van der Waals surface area contributed by atoms with Crippen molar-refractivity contribution in [1.29, 1.82) is 0 Å². The minimum Gasteiger partial charge on any atom is -0.399 e. The molecule has 0 fully saturated rings. The molecule has 1 aromatic heterocycles. The minimum atomic E-state index is -0.0208. The van der Waals surface area contributed by atoms with E-state index in [1.807, 2.05) is 27.8 Å². The monoisotopic (exact) mass is 320 g/mol. The van der Waals surface area contributed by atoms with Crippen LogP contribution in [-0.4, -0.2) is 42.3 Å². The van der Waals surface area contributed by atoms with Gasteiger partial charge >= 0.3 is 0 Å².